The molecular weight excluding hydrogens is 561 g/mol. The van der Waals surface area contributed by atoms with Crippen LogP contribution >= 0.6 is 11.8 Å². The summed E-state index contributed by atoms with van der Waals surface area (Å²) in [5.41, 5.74) is 3.59. The van der Waals surface area contributed by atoms with Crippen molar-refractivity contribution in [3.63, 3.8) is 0 Å². The van der Waals surface area contributed by atoms with E-state index < -0.39 is 11.8 Å². The molecule has 2 amide bonds. The summed E-state index contributed by atoms with van der Waals surface area (Å²) in [7, 11) is 0. The lowest BCUT2D eigenvalue weighted by Crippen LogP contribution is -2.33. The van der Waals surface area contributed by atoms with Gasteiger partial charge in [0.05, 0.1) is 6.54 Å². The van der Waals surface area contributed by atoms with Gasteiger partial charge in [0.2, 0.25) is 10.9 Å². The monoisotopic (exact) mass is 589 g/mol. The second-order valence-electron chi connectivity index (χ2n) is 9.01. The molecule has 8 nitrogen and oxygen atoms in total. The molecule has 3 aromatic rings. The van der Waals surface area contributed by atoms with Gasteiger partial charge < -0.3 is 14.2 Å². The zero-order valence-corrected chi connectivity index (χ0v) is 23.7. The number of rotatable bonds is 13. The Balaban J connectivity index is 1.30. The highest BCUT2D eigenvalue weighted by Gasteiger charge is 2.22. The van der Waals surface area contributed by atoms with Crippen molar-refractivity contribution in [2.24, 2.45) is 0 Å². The zero-order chi connectivity index (χ0) is 30.1. The predicted molar refractivity (Wildman–Crippen MR) is 156 cm³/mol. The van der Waals surface area contributed by atoms with Gasteiger partial charge >= 0.3 is 5.97 Å². The van der Waals surface area contributed by atoms with Crippen molar-refractivity contribution in [2.45, 2.75) is 18.2 Å². The number of halogens is 1. The molecule has 1 aliphatic heterocycles. The molecule has 0 atom stereocenters. The average Bonchev–Trinajstić information content (AvgIpc) is 3.32. The molecule has 0 aromatic heterocycles. The highest BCUT2D eigenvalue weighted by molar-refractivity contribution is 8.14. The molecule has 0 aliphatic carbocycles. The van der Waals surface area contributed by atoms with Crippen molar-refractivity contribution in [3.05, 3.63) is 102 Å². The van der Waals surface area contributed by atoms with E-state index in [9.17, 15) is 23.6 Å². The summed E-state index contributed by atoms with van der Waals surface area (Å²) in [6.45, 7) is 5.21. The first-order chi connectivity index (χ1) is 20.2. The number of imide groups is 1. The Hall–Kier alpha value is -4.70. The lowest BCUT2D eigenvalue weighted by molar-refractivity contribution is -0.141. The largest absolute Gasteiger partial charge is 0.492 e. The van der Waals surface area contributed by atoms with Crippen LogP contribution in [0.5, 0.6) is 11.5 Å². The third-order valence-electron chi connectivity index (χ3n) is 6.21. The predicted octanol–water partition coefficient (Wildman–Crippen LogP) is 5.56. The normalized spacial score (nSPS) is 12.4. The summed E-state index contributed by atoms with van der Waals surface area (Å²) in [6, 6.07) is 20.0. The van der Waals surface area contributed by atoms with E-state index in [1.807, 2.05) is 37.3 Å². The average molecular weight is 590 g/mol. The minimum absolute atomic E-state index is 0.0489. The molecular formula is C32H28FNO7S. The number of hydrogen-bond donors (Lipinski definition) is 0. The lowest BCUT2D eigenvalue weighted by atomic mass is 9.97. The fourth-order valence-corrected chi connectivity index (χ4v) is 4.81. The number of carbonyl (C=O) groups is 4. The Kier molecular flexibility index (Phi) is 10.3. The molecule has 1 heterocycles. The quantitative estimate of drug-likeness (QED) is 0.0841. The van der Waals surface area contributed by atoms with Gasteiger partial charge in [0.25, 0.3) is 11.8 Å². The van der Waals surface area contributed by atoms with Gasteiger partial charge in [-0.25, -0.2) is 4.79 Å². The summed E-state index contributed by atoms with van der Waals surface area (Å²) in [5.74, 6) is -1.78. The molecule has 1 aliphatic rings. The van der Waals surface area contributed by atoms with Crippen molar-refractivity contribution in [1.29, 1.82) is 0 Å². The van der Waals surface area contributed by atoms with E-state index in [2.05, 4.69) is 11.3 Å². The Morgan fingerprint density at radius 1 is 0.857 bits per heavy atom. The number of amides is 2. The summed E-state index contributed by atoms with van der Waals surface area (Å²) in [6.07, 6.45) is 3.26. The first-order valence-corrected chi connectivity index (χ1v) is 13.9. The molecule has 216 valence electrons. The van der Waals surface area contributed by atoms with Crippen LogP contribution in [0.4, 0.5) is 4.39 Å². The number of thioether (sulfide) groups is 1. The van der Waals surface area contributed by atoms with E-state index in [-0.39, 0.29) is 43.3 Å². The van der Waals surface area contributed by atoms with E-state index >= 15 is 0 Å². The molecule has 0 spiro atoms. The smallest absolute Gasteiger partial charge is 0.366 e. The Morgan fingerprint density at radius 3 is 2.14 bits per heavy atom. The van der Waals surface area contributed by atoms with Crippen LogP contribution in [0.2, 0.25) is 0 Å². The molecule has 0 saturated heterocycles. The minimum Gasteiger partial charge on any atom is -0.492 e. The van der Waals surface area contributed by atoms with E-state index in [1.54, 1.807) is 36.4 Å². The highest BCUT2D eigenvalue weighted by Crippen LogP contribution is 2.30. The van der Waals surface area contributed by atoms with Crippen molar-refractivity contribution < 1.29 is 37.8 Å². The number of nitrogens with zero attached hydrogens (tertiary/aromatic N) is 1. The fraction of sp³-hybridized carbons (Fsp3) is 0.188. The summed E-state index contributed by atoms with van der Waals surface area (Å²) < 4.78 is 28.5. The molecule has 4 rings (SSSR count). The second-order valence-corrected chi connectivity index (χ2v) is 10.1. The molecule has 42 heavy (non-hydrogen) atoms. The van der Waals surface area contributed by atoms with Crippen LogP contribution in [0.25, 0.3) is 11.1 Å². The molecule has 3 aromatic carbocycles. The summed E-state index contributed by atoms with van der Waals surface area (Å²) in [4.78, 5) is 49.1. The lowest BCUT2D eigenvalue weighted by Gasteiger charge is -2.15. The maximum Gasteiger partial charge on any atom is 0.366 e. The molecule has 0 bridgehead atoms. The topological polar surface area (TPSA) is 99.2 Å². The summed E-state index contributed by atoms with van der Waals surface area (Å²) in [5, 5.41) is -0.113. The SMILES string of the molecule is C=C(F)C(=O)OCCOc1ccc(SC(=O)c2ccc(-c3ccc(OCCN4C(=O)C=CC4=O)cc3CC)cc2)cc1. The summed E-state index contributed by atoms with van der Waals surface area (Å²) >= 11 is 1.09. The number of carbonyl (C=O) groups excluding carboxylic acids is 4. The van der Waals surface area contributed by atoms with Crippen LogP contribution in [0.3, 0.4) is 0 Å². The van der Waals surface area contributed by atoms with Gasteiger partial charge in [-0.2, -0.15) is 4.39 Å². The number of esters is 1. The van der Waals surface area contributed by atoms with Gasteiger partial charge in [-0.05, 0) is 83.4 Å². The van der Waals surface area contributed by atoms with Crippen LogP contribution in [-0.4, -0.2) is 54.2 Å². The number of ether oxygens (including phenoxy) is 3. The van der Waals surface area contributed by atoms with E-state index in [4.69, 9.17) is 9.47 Å². The van der Waals surface area contributed by atoms with E-state index in [0.29, 0.717) is 17.1 Å². The number of hydrogen-bond acceptors (Lipinski definition) is 8. The number of aryl methyl sites for hydroxylation is 1. The van der Waals surface area contributed by atoms with Crippen molar-refractivity contribution in [1.82, 2.24) is 4.90 Å². The Morgan fingerprint density at radius 2 is 1.50 bits per heavy atom. The fourth-order valence-electron chi connectivity index (χ4n) is 4.07. The first kappa shape index (κ1) is 30.3. The first-order valence-electron chi connectivity index (χ1n) is 13.1. The molecule has 0 unspecified atom stereocenters. The maximum atomic E-state index is 12.9. The maximum absolute atomic E-state index is 12.9. The Labute approximate surface area is 246 Å². The molecule has 0 fully saturated rings. The van der Waals surface area contributed by atoms with Gasteiger partial charge in [-0.3, -0.25) is 19.3 Å². The highest BCUT2D eigenvalue weighted by atomic mass is 32.2. The van der Waals surface area contributed by atoms with Gasteiger partial charge in [-0.1, -0.05) is 31.7 Å². The van der Waals surface area contributed by atoms with Gasteiger partial charge in [-0.15, -0.1) is 0 Å². The van der Waals surface area contributed by atoms with Crippen LogP contribution in [-0.2, 0) is 25.5 Å². The van der Waals surface area contributed by atoms with Crippen LogP contribution < -0.4 is 9.47 Å². The standard InChI is InChI=1S/C32H28FNO7S/c1-3-22-20-26(39-17-16-34-29(35)14-15-30(34)36)10-13-28(22)23-4-6-24(7-5-23)32(38)42-27-11-8-25(9-12-27)40-18-19-41-31(37)21(2)33/h4-15,20H,2-3,16-19H2,1H3. The third kappa shape index (κ3) is 7.94. The van der Waals surface area contributed by atoms with Crippen molar-refractivity contribution in [2.75, 3.05) is 26.4 Å². The number of benzene rings is 3. The third-order valence-corrected chi connectivity index (χ3v) is 7.14. The van der Waals surface area contributed by atoms with Gasteiger partial charge in [0, 0.05) is 22.6 Å². The Bertz CT molecular complexity index is 1500. The van der Waals surface area contributed by atoms with Gasteiger partial charge in [0.15, 0.2) is 0 Å². The van der Waals surface area contributed by atoms with E-state index in [1.165, 1.54) is 12.2 Å². The second kappa shape index (κ2) is 14.3. The van der Waals surface area contributed by atoms with Crippen LogP contribution in [0, 0.1) is 0 Å². The molecule has 0 saturated carbocycles. The molecule has 0 radical (unpaired) electrons. The van der Waals surface area contributed by atoms with E-state index in [0.717, 1.165) is 44.7 Å². The van der Waals surface area contributed by atoms with Crippen LogP contribution in [0.1, 0.15) is 22.8 Å². The van der Waals surface area contributed by atoms with Crippen molar-refractivity contribution in [3.8, 4) is 22.6 Å². The van der Waals surface area contributed by atoms with Gasteiger partial charge in [0.1, 0.15) is 31.3 Å². The molecule has 0 N–H and O–H groups in total. The zero-order valence-electron chi connectivity index (χ0n) is 22.8. The van der Waals surface area contributed by atoms with Crippen molar-refractivity contribution >= 4 is 34.7 Å². The van der Waals surface area contributed by atoms with Crippen LogP contribution in [0.15, 0.2) is 96.2 Å². The minimum atomic E-state index is -1.16. The molecule has 10 heteroatoms.